The second-order valence-electron chi connectivity index (χ2n) is 5.42. The highest BCUT2D eigenvalue weighted by molar-refractivity contribution is 6.00. The Labute approximate surface area is 154 Å². The highest BCUT2D eigenvalue weighted by Gasteiger charge is 2.04. The molecule has 0 aliphatic rings. The van der Waals surface area contributed by atoms with Crippen molar-refractivity contribution in [1.82, 2.24) is 0 Å². The average molecular weight is 358 g/mol. The molecule has 1 aromatic rings. The molecule has 0 aliphatic carbocycles. The third-order valence-corrected chi connectivity index (χ3v) is 3.74. The van der Waals surface area contributed by atoms with Gasteiger partial charge in [0, 0.05) is 13.2 Å². The molecule has 0 spiro atoms. The molecule has 5 heteroatoms. The highest BCUT2D eigenvalue weighted by Crippen LogP contribution is 2.28. The first-order chi connectivity index (χ1) is 12.4. The molecule has 26 heavy (non-hydrogen) atoms. The van der Waals surface area contributed by atoms with Gasteiger partial charge in [0.25, 0.3) is 0 Å². The molecule has 0 heterocycles. The zero-order valence-corrected chi connectivity index (χ0v) is 15.9. The van der Waals surface area contributed by atoms with E-state index >= 15 is 0 Å². The van der Waals surface area contributed by atoms with Gasteiger partial charge in [-0.15, -0.1) is 0 Å². The van der Waals surface area contributed by atoms with Gasteiger partial charge in [0.05, 0.1) is 20.3 Å². The smallest absolute Gasteiger partial charge is 0.182 e. The molecule has 0 fully saturated rings. The summed E-state index contributed by atoms with van der Waals surface area (Å²) in [6, 6.07) is 5.36. The van der Waals surface area contributed by atoms with Crippen molar-refractivity contribution < 1.29 is 24.1 Å². The number of ketones is 1. The Morgan fingerprint density at radius 1 is 1.08 bits per heavy atom. The molecule has 0 aromatic heterocycles. The second kappa shape index (κ2) is 10.9. The summed E-state index contributed by atoms with van der Waals surface area (Å²) in [4.78, 5) is 11.9. The molecule has 1 aromatic carbocycles. The monoisotopic (exact) mass is 358 g/mol. The lowest BCUT2D eigenvalue weighted by atomic mass is 10.1. The van der Waals surface area contributed by atoms with Crippen LogP contribution in [0.3, 0.4) is 0 Å². The van der Waals surface area contributed by atoms with Crippen LogP contribution < -0.4 is 9.47 Å². The third kappa shape index (κ3) is 6.61. The molecule has 0 saturated carbocycles. The molecule has 0 aliphatic heterocycles. The fraction of sp³-hybridized carbons (Fsp3) is 0.286. The predicted molar refractivity (Wildman–Crippen MR) is 104 cm³/mol. The van der Waals surface area contributed by atoms with E-state index in [0.29, 0.717) is 11.5 Å². The molecule has 1 rings (SSSR count). The lowest BCUT2D eigenvalue weighted by Gasteiger charge is -2.09. The Balaban J connectivity index is 2.81. The van der Waals surface area contributed by atoms with Gasteiger partial charge in [-0.25, -0.2) is 0 Å². The summed E-state index contributed by atoms with van der Waals surface area (Å²) >= 11 is 0. The van der Waals surface area contributed by atoms with Gasteiger partial charge < -0.3 is 19.3 Å². The van der Waals surface area contributed by atoms with Crippen LogP contribution in [0.5, 0.6) is 11.5 Å². The summed E-state index contributed by atoms with van der Waals surface area (Å²) in [5, 5.41) is 9.91. The van der Waals surface area contributed by atoms with Crippen LogP contribution in [0.25, 0.3) is 6.08 Å². The van der Waals surface area contributed by atoms with Gasteiger partial charge in [-0.1, -0.05) is 24.3 Å². The number of carbonyl (C=O) groups is 1. The van der Waals surface area contributed by atoms with E-state index in [1.165, 1.54) is 12.2 Å². The van der Waals surface area contributed by atoms with Gasteiger partial charge in [0.1, 0.15) is 5.76 Å². The number of hydrogen-bond donors (Lipinski definition) is 1. The maximum absolute atomic E-state index is 11.9. The first-order valence-electron chi connectivity index (χ1n) is 8.17. The van der Waals surface area contributed by atoms with Crippen molar-refractivity contribution in [2.75, 3.05) is 21.3 Å². The Morgan fingerprint density at radius 2 is 1.77 bits per heavy atom. The maximum atomic E-state index is 11.9. The first-order valence-corrected chi connectivity index (χ1v) is 8.17. The van der Waals surface area contributed by atoms with Gasteiger partial charge in [-0.2, -0.15) is 0 Å². The number of rotatable bonds is 9. The van der Waals surface area contributed by atoms with Crippen LogP contribution >= 0.6 is 0 Å². The summed E-state index contributed by atoms with van der Waals surface area (Å²) in [6.45, 7) is 3.77. The van der Waals surface area contributed by atoms with Crippen molar-refractivity contribution in [1.29, 1.82) is 0 Å². The van der Waals surface area contributed by atoms with Crippen LogP contribution in [0.1, 0.15) is 19.4 Å². The van der Waals surface area contributed by atoms with Crippen molar-refractivity contribution in [3.05, 3.63) is 65.5 Å². The Morgan fingerprint density at radius 3 is 2.35 bits per heavy atom. The molecule has 0 bridgehead atoms. The number of aliphatic hydroxyl groups excluding tert-OH is 1. The molecule has 140 valence electrons. The summed E-state index contributed by atoms with van der Waals surface area (Å²) in [7, 11) is 4.72. The molecule has 1 N–H and O–H groups in total. The molecular formula is C21H26O5. The predicted octanol–water partition coefficient (Wildman–Crippen LogP) is 4.27. The van der Waals surface area contributed by atoms with Crippen molar-refractivity contribution >= 4 is 11.9 Å². The lowest BCUT2D eigenvalue weighted by molar-refractivity contribution is -0.110. The van der Waals surface area contributed by atoms with Crippen LogP contribution in [-0.2, 0) is 9.53 Å². The van der Waals surface area contributed by atoms with Crippen molar-refractivity contribution in [3.63, 3.8) is 0 Å². The minimum atomic E-state index is -0.317. The van der Waals surface area contributed by atoms with E-state index in [4.69, 9.17) is 14.2 Å². The largest absolute Gasteiger partial charge is 0.508 e. The van der Waals surface area contributed by atoms with Crippen molar-refractivity contribution in [2.24, 2.45) is 0 Å². The second-order valence-corrected chi connectivity index (χ2v) is 5.42. The van der Waals surface area contributed by atoms with E-state index in [-0.39, 0.29) is 17.6 Å². The van der Waals surface area contributed by atoms with Gasteiger partial charge in [-0.3, -0.25) is 4.79 Å². The van der Waals surface area contributed by atoms with Crippen molar-refractivity contribution in [2.45, 2.75) is 20.0 Å². The number of allylic oxidation sites excluding steroid dienone is 4. The summed E-state index contributed by atoms with van der Waals surface area (Å²) < 4.78 is 15.6. The van der Waals surface area contributed by atoms with E-state index in [1.807, 2.05) is 26.0 Å². The van der Waals surface area contributed by atoms with E-state index < -0.39 is 0 Å². The lowest BCUT2D eigenvalue weighted by Crippen LogP contribution is -2.06. The van der Waals surface area contributed by atoms with E-state index in [0.717, 1.165) is 17.2 Å². The quantitative estimate of drug-likeness (QED) is 0.406. The van der Waals surface area contributed by atoms with Gasteiger partial charge >= 0.3 is 0 Å². The maximum Gasteiger partial charge on any atom is 0.182 e. The zero-order valence-electron chi connectivity index (χ0n) is 15.9. The van der Waals surface area contributed by atoms with Gasteiger partial charge in [-0.05, 0) is 49.3 Å². The summed E-state index contributed by atoms with van der Waals surface area (Å²) in [5.74, 6) is 0.747. The number of ether oxygens (including phenoxy) is 3. The molecule has 0 saturated heterocycles. The topological polar surface area (TPSA) is 65.0 Å². The van der Waals surface area contributed by atoms with Crippen LogP contribution in [0, 0.1) is 0 Å². The van der Waals surface area contributed by atoms with E-state index in [2.05, 4.69) is 0 Å². The Hall–Kier alpha value is -2.79. The van der Waals surface area contributed by atoms with E-state index in [1.54, 1.807) is 45.6 Å². The normalized spacial score (nSPS) is 14.0. The van der Waals surface area contributed by atoms with Crippen molar-refractivity contribution in [3.8, 4) is 11.5 Å². The number of carbonyl (C=O) groups excluding carboxylic acids is 1. The van der Waals surface area contributed by atoms with Crippen LogP contribution in [0.4, 0.5) is 0 Å². The SMILES string of the molecule is C/C=C(/C=C/C(=O)C=C(O)/C=C/c1ccc(OC)c(OC)c1)[C@@H](C)OC. The van der Waals surface area contributed by atoms with E-state index in [9.17, 15) is 9.90 Å². The standard InChI is InChI=1S/C21H26O5/c1-6-17(15(2)24-3)9-11-19(23)14-18(22)10-7-16-8-12-20(25-4)21(13-16)26-5/h6-15,22H,1-5H3/b10-7+,11-9+,17-6-,18-14?/t15-/m1/s1. The van der Waals surface area contributed by atoms with Crippen LogP contribution in [0.2, 0.25) is 0 Å². The minimum Gasteiger partial charge on any atom is -0.508 e. The average Bonchev–Trinajstić information content (AvgIpc) is 2.66. The Kier molecular flexibility index (Phi) is 8.95. The number of aliphatic hydroxyl groups is 1. The first kappa shape index (κ1) is 21.3. The number of benzene rings is 1. The molecule has 0 radical (unpaired) electrons. The zero-order chi connectivity index (χ0) is 19.5. The fourth-order valence-electron chi connectivity index (χ4n) is 2.16. The minimum absolute atomic E-state index is 0.105. The van der Waals surface area contributed by atoms with Crippen LogP contribution in [-0.4, -0.2) is 38.3 Å². The molecule has 0 amide bonds. The molecule has 1 atom stereocenters. The van der Waals surface area contributed by atoms with Crippen LogP contribution in [0.15, 0.2) is 59.9 Å². The molecule has 0 unspecified atom stereocenters. The third-order valence-electron chi connectivity index (χ3n) is 3.74. The highest BCUT2D eigenvalue weighted by atomic mass is 16.5. The fourth-order valence-corrected chi connectivity index (χ4v) is 2.16. The number of methoxy groups -OCH3 is 3. The molecule has 5 nitrogen and oxygen atoms in total. The molecular weight excluding hydrogens is 332 g/mol. The van der Waals surface area contributed by atoms with Gasteiger partial charge in [0.2, 0.25) is 0 Å². The van der Waals surface area contributed by atoms with Gasteiger partial charge in [0.15, 0.2) is 17.3 Å². The summed E-state index contributed by atoms with van der Waals surface area (Å²) in [6.07, 6.45) is 9.11. The number of hydrogen-bond acceptors (Lipinski definition) is 5. The summed E-state index contributed by atoms with van der Waals surface area (Å²) in [5.41, 5.74) is 1.69. The Bertz CT molecular complexity index is 726.